The third-order valence-corrected chi connectivity index (χ3v) is 8.82. The molecule has 0 saturated carbocycles. The molecule has 48 heavy (non-hydrogen) atoms. The molecule has 0 radical (unpaired) electrons. The molecule has 0 aliphatic carbocycles. The van der Waals surface area contributed by atoms with Crippen molar-refractivity contribution in [3.05, 3.63) is 65.2 Å². The number of phenolic OH excluding ortho intramolecular Hbond substituents is 1. The number of carboxylic acids is 1. The number of ether oxygens (including phenoxy) is 3. The van der Waals surface area contributed by atoms with Crippen molar-refractivity contribution in [3.8, 4) is 17.2 Å². The highest BCUT2D eigenvalue weighted by molar-refractivity contribution is 6.03. The van der Waals surface area contributed by atoms with E-state index in [-0.39, 0.29) is 52.5 Å². The number of phenols is 1. The van der Waals surface area contributed by atoms with E-state index in [0.29, 0.717) is 18.5 Å². The molecule has 1 fully saturated rings. The van der Waals surface area contributed by atoms with Crippen LogP contribution in [0, 0.1) is 11.8 Å². The minimum absolute atomic E-state index is 0.0421. The van der Waals surface area contributed by atoms with Crippen LogP contribution in [0.4, 0.5) is 0 Å². The van der Waals surface area contributed by atoms with Crippen LogP contribution >= 0.6 is 0 Å². The van der Waals surface area contributed by atoms with Gasteiger partial charge in [0.1, 0.15) is 41.4 Å². The molecule has 8 unspecified atom stereocenters. The molecule has 258 valence electrons. The zero-order valence-corrected chi connectivity index (χ0v) is 26.1. The van der Waals surface area contributed by atoms with E-state index in [2.05, 4.69) is 10.3 Å². The Bertz CT molecular complexity index is 1620. The van der Waals surface area contributed by atoms with Crippen LogP contribution in [0.1, 0.15) is 31.4 Å². The van der Waals surface area contributed by atoms with Gasteiger partial charge in [-0.25, -0.2) is 4.79 Å². The SMILES string of the molecule is CC(C)C(CNC(O)C1(O)C(Oc2ccc3c(c2)OC(C(N)=O)C(c2ccc(O)cc2)=C3O)OC(C(=O)O)C(O)C1O)CC1=CCN=C1. The molecule has 3 aliphatic rings. The van der Waals surface area contributed by atoms with Gasteiger partial charge in [0, 0.05) is 18.8 Å². The van der Waals surface area contributed by atoms with Crippen molar-refractivity contribution >= 4 is 29.4 Å². The highest BCUT2D eigenvalue weighted by Gasteiger charge is 2.62. The Hall–Kier alpha value is -4.51. The van der Waals surface area contributed by atoms with E-state index in [4.69, 9.17) is 19.9 Å². The third kappa shape index (κ3) is 6.74. The molecule has 1 saturated heterocycles. The predicted octanol–water partition coefficient (Wildman–Crippen LogP) is 0.287. The molecule has 5 rings (SSSR count). The van der Waals surface area contributed by atoms with Crippen LogP contribution in [-0.2, 0) is 14.3 Å². The predicted molar refractivity (Wildman–Crippen MR) is 170 cm³/mol. The van der Waals surface area contributed by atoms with Crippen LogP contribution in [0.3, 0.4) is 0 Å². The van der Waals surface area contributed by atoms with E-state index in [1.807, 2.05) is 19.9 Å². The lowest BCUT2D eigenvalue weighted by Gasteiger charge is -2.48. The summed E-state index contributed by atoms with van der Waals surface area (Å²) in [6.45, 7) is 4.68. The van der Waals surface area contributed by atoms with Crippen molar-refractivity contribution in [2.24, 2.45) is 22.6 Å². The van der Waals surface area contributed by atoms with Crippen molar-refractivity contribution in [2.45, 2.75) is 62.8 Å². The summed E-state index contributed by atoms with van der Waals surface area (Å²) >= 11 is 0. The fraction of sp³-hybridized carbons (Fsp3) is 0.424. The second-order valence-corrected chi connectivity index (χ2v) is 12.3. The molecule has 8 atom stereocenters. The quantitative estimate of drug-likeness (QED) is 0.138. The second-order valence-electron chi connectivity index (χ2n) is 12.3. The Labute approximate surface area is 275 Å². The van der Waals surface area contributed by atoms with Gasteiger partial charge in [0.2, 0.25) is 12.4 Å². The van der Waals surface area contributed by atoms with Gasteiger partial charge in [-0.15, -0.1) is 0 Å². The zero-order chi connectivity index (χ0) is 34.9. The number of nitrogens with two attached hydrogens (primary N) is 1. The topological polar surface area (TPSA) is 254 Å². The fourth-order valence-corrected chi connectivity index (χ4v) is 5.90. The number of nitrogens with zero attached hydrogens (tertiary/aromatic N) is 1. The summed E-state index contributed by atoms with van der Waals surface area (Å²) in [7, 11) is 0. The number of carboxylic acid groups (broad SMARTS) is 1. The molecule has 3 heterocycles. The van der Waals surface area contributed by atoms with Crippen LogP contribution in [-0.4, -0.2) is 109 Å². The number of fused-ring (bicyclic) bond motifs is 1. The van der Waals surface area contributed by atoms with E-state index in [1.54, 1.807) is 6.21 Å². The molecule has 3 aliphatic heterocycles. The monoisotopic (exact) mass is 669 g/mol. The summed E-state index contributed by atoms with van der Waals surface area (Å²) in [6.07, 6.45) is -7.68. The molecule has 10 N–H and O–H groups in total. The molecule has 1 amide bonds. The molecule has 0 aromatic heterocycles. The lowest BCUT2D eigenvalue weighted by molar-refractivity contribution is -0.338. The van der Waals surface area contributed by atoms with Crippen molar-refractivity contribution in [1.82, 2.24) is 5.32 Å². The number of aliphatic carboxylic acids is 1. The van der Waals surface area contributed by atoms with E-state index in [0.717, 1.165) is 5.57 Å². The number of hydrogen-bond donors (Lipinski definition) is 9. The van der Waals surface area contributed by atoms with Gasteiger partial charge >= 0.3 is 5.97 Å². The zero-order valence-electron chi connectivity index (χ0n) is 26.1. The molecule has 2 aromatic rings. The lowest BCUT2D eigenvalue weighted by Crippen LogP contribution is -2.75. The summed E-state index contributed by atoms with van der Waals surface area (Å²) < 4.78 is 17.1. The number of allylic oxidation sites excluding steroid dienone is 1. The first-order valence-electron chi connectivity index (χ1n) is 15.3. The van der Waals surface area contributed by atoms with Gasteiger partial charge in [-0.3, -0.25) is 15.1 Å². The van der Waals surface area contributed by atoms with E-state index < -0.39 is 54.4 Å². The number of aliphatic hydroxyl groups is 5. The molecule has 15 heteroatoms. The van der Waals surface area contributed by atoms with Gasteiger partial charge in [0.25, 0.3) is 5.91 Å². The number of hydrogen-bond acceptors (Lipinski definition) is 13. The van der Waals surface area contributed by atoms with Crippen LogP contribution in [0.5, 0.6) is 17.2 Å². The maximum absolute atomic E-state index is 12.4. The first kappa shape index (κ1) is 34.8. The summed E-state index contributed by atoms with van der Waals surface area (Å²) in [5, 5.41) is 77.9. The van der Waals surface area contributed by atoms with Gasteiger partial charge in [0.05, 0.1) is 17.7 Å². The van der Waals surface area contributed by atoms with Gasteiger partial charge in [0.15, 0.2) is 11.7 Å². The molecule has 0 spiro atoms. The maximum atomic E-state index is 12.4. The number of primary amides is 1. The highest BCUT2D eigenvalue weighted by atomic mass is 16.7. The number of benzene rings is 2. The first-order chi connectivity index (χ1) is 22.7. The summed E-state index contributed by atoms with van der Waals surface area (Å²) in [5.74, 6) is -3.19. The fourth-order valence-electron chi connectivity index (χ4n) is 5.90. The smallest absolute Gasteiger partial charge is 0.335 e. The van der Waals surface area contributed by atoms with Crippen LogP contribution in [0.15, 0.2) is 59.1 Å². The van der Waals surface area contributed by atoms with Crippen LogP contribution in [0.2, 0.25) is 0 Å². The normalized spacial score (nSPS) is 28.0. The number of carbonyl (C=O) groups excluding carboxylic acids is 1. The average molecular weight is 670 g/mol. The average Bonchev–Trinajstić information content (AvgIpc) is 3.56. The maximum Gasteiger partial charge on any atom is 0.335 e. The minimum atomic E-state index is -2.82. The lowest BCUT2D eigenvalue weighted by atomic mass is 9.84. The van der Waals surface area contributed by atoms with Crippen LogP contribution in [0.25, 0.3) is 11.3 Å². The second kappa shape index (κ2) is 13.9. The highest BCUT2D eigenvalue weighted by Crippen LogP contribution is 2.42. The number of aliphatic hydroxyl groups excluding tert-OH is 4. The Morgan fingerprint density at radius 1 is 1.15 bits per heavy atom. The van der Waals surface area contributed by atoms with Crippen molar-refractivity contribution in [2.75, 3.05) is 13.1 Å². The summed E-state index contributed by atoms with van der Waals surface area (Å²) in [4.78, 5) is 28.5. The minimum Gasteiger partial charge on any atom is -0.508 e. The summed E-state index contributed by atoms with van der Waals surface area (Å²) in [5.41, 5.74) is 4.29. The Kier molecular flexibility index (Phi) is 10.1. The number of nitrogens with one attached hydrogen (secondary N) is 1. The van der Waals surface area contributed by atoms with Gasteiger partial charge in [-0.2, -0.15) is 0 Å². The van der Waals surface area contributed by atoms with Gasteiger partial charge < -0.3 is 55.7 Å². The standard InChI is InChI=1S/C33H39N3O12/c1-15(2)18(11-16-9-10-35-13-16)14-36-31(44)33(45)28(40)25(39)27(30(42)43)48-32(33)46-20-7-8-21-22(12-20)47-26(29(34)41)23(24(21)38)17-3-5-19(37)6-4-17/h3-9,12-13,15,18,25-28,31-32,36-40,44-45H,10-11,14H2,1-2H3,(H2,34,41)(H,42,43). The number of amides is 1. The first-order valence-corrected chi connectivity index (χ1v) is 15.3. The number of aromatic hydroxyl groups is 1. The number of aliphatic imine (C=N–C) groups is 1. The van der Waals surface area contributed by atoms with Gasteiger partial charge in [-0.1, -0.05) is 32.1 Å². The largest absolute Gasteiger partial charge is 0.508 e. The Morgan fingerprint density at radius 3 is 2.46 bits per heavy atom. The van der Waals surface area contributed by atoms with E-state index >= 15 is 0 Å². The van der Waals surface area contributed by atoms with E-state index in [1.165, 1.54) is 42.5 Å². The third-order valence-electron chi connectivity index (χ3n) is 8.82. The van der Waals surface area contributed by atoms with Crippen LogP contribution < -0.4 is 20.5 Å². The molecule has 15 nitrogen and oxygen atoms in total. The Balaban J connectivity index is 1.44. The molecular weight excluding hydrogens is 630 g/mol. The molecule has 0 bridgehead atoms. The Morgan fingerprint density at radius 2 is 1.85 bits per heavy atom. The van der Waals surface area contributed by atoms with Crippen molar-refractivity contribution in [3.63, 3.8) is 0 Å². The number of rotatable bonds is 12. The van der Waals surface area contributed by atoms with Crippen molar-refractivity contribution < 1.29 is 59.5 Å². The molecule has 2 aromatic carbocycles. The van der Waals surface area contributed by atoms with E-state index in [9.17, 15) is 45.3 Å². The molecular formula is C33H39N3O12. The van der Waals surface area contributed by atoms with Crippen molar-refractivity contribution in [1.29, 1.82) is 0 Å². The number of carbonyl (C=O) groups is 2. The summed E-state index contributed by atoms with van der Waals surface area (Å²) in [6, 6.07) is 9.50. The van der Waals surface area contributed by atoms with Gasteiger partial charge in [-0.05, 0) is 53.7 Å².